The summed E-state index contributed by atoms with van der Waals surface area (Å²) < 4.78 is 28.4. The molecule has 0 bridgehead atoms. The quantitative estimate of drug-likeness (QED) is 0.176. The van der Waals surface area contributed by atoms with Crippen LogP contribution < -0.4 is 0 Å². The van der Waals surface area contributed by atoms with Crippen LogP contribution in [0.2, 0.25) is 5.02 Å². The van der Waals surface area contributed by atoms with E-state index in [4.69, 9.17) is 11.6 Å². The molecule has 0 aliphatic heterocycles. The molecule has 3 aliphatic rings. The zero-order valence-corrected chi connectivity index (χ0v) is 51.9. The third-order valence-electron chi connectivity index (χ3n) is 17.3. The van der Waals surface area contributed by atoms with Gasteiger partial charge in [-0.2, -0.15) is 0 Å². The lowest BCUT2D eigenvalue weighted by Gasteiger charge is -2.42. The summed E-state index contributed by atoms with van der Waals surface area (Å²) in [5.74, 6) is 0.0652. The van der Waals surface area contributed by atoms with E-state index in [0.717, 1.165) is 16.1 Å². The van der Waals surface area contributed by atoms with Crippen molar-refractivity contribution in [3.63, 3.8) is 0 Å². The lowest BCUT2D eigenvalue weighted by Crippen LogP contribution is -2.33. The second-order valence-electron chi connectivity index (χ2n) is 28.3. The van der Waals surface area contributed by atoms with Crippen molar-refractivity contribution in [3.8, 4) is 22.3 Å². The summed E-state index contributed by atoms with van der Waals surface area (Å²) >= 11 is 5.54. The number of fused-ring (bicyclic) bond motifs is 7. The average Bonchev–Trinajstić information content (AvgIpc) is 4.06. The second-order valence-corrected chi connectivity index (χ2v) is 30.7. The average molecular weight is 1090 g/mol. The molecule has 410 valence electrons. The third-order valence-corrected chi connectivity index (χ3v) is 19.3. The van der Waals surface area contributed by atoms with Gasteiger partial charge in [-0.15, -0.1) is 0 Å². The Morgan fingerprint density at radius 3 is 1.00 bits per heavy atom. The number of benzene rings is 8. The number of hydrogen-bond donors (Lipinski definition) is 0. The normalized spacial score (nSPS) is 15.6. The van der Waals surface area contributed by atoms with Gasteiger partial charge in [-0.05, 0) is 178 Å². The molecule has 0 radical (unpaired) electrons. The Kier molecular flexibility index (Phi) is 15.2. The monoisotopic (exact) mass is 1080 g/mol. The fourth-order valence-electron chi connectivity index (χ4n) is 12.0. The maximum absolute atomic E-state index is 14.2. The Bertz CT molecular complexity index is 3350. The van der Waals surface area contributed by atoms with Crippen LogP contribution in [0, 0.1) is 6.92 Å². The first-order valence-electron chi connectivity index (χ1n) is 28.6. The lowest BCUT2D eigenvalue weighted by atomic mass is 9.63. The SMILES string of the molecule is CC(C)(C)c1ccc2c(c1)-c1cc(C(C)(C)C)ccc1C2c1ccc(S(=O)(=O)c2ccc(C3c4ccc(C(C)(C)C)cc4-c4cc(C(C)(C)C)ccc43)cc2)cc1.Cc1ccc2c(c1)C(C)(C)CCC2(C)C.Clc1ccccc1. The Morgan fingerprint density at radius 1 is 0.392 bits per heavy atom. The van der Waals surface area contributed by atoms with Crippen molar-refractivity contribution in [3.05, 3.63) is 247 Å². The molecular weight excluding hydrogens is 1000 g/mol. The Balaban J connectivity index is 0.000000283. The molecule has 3 aliphatic carbocycles. The van der Waals surface area contributed by atoms with Crippen molar-refractivity contribution in [2.45, 2.75) is 185 Å². The predicted octanol–water partition coefficient (Wildman–Crippen LogP) is 20.7. The summed E-state index contributed by atoms with van der Waals surface area (Å²) in [5.41, 5.74) is 23.0. The van der Waals surface area contributed by atoms with Gasteiger partial charge < -0.3 is 0 Å². The standard InChI is InChI=1S/C54H58O2S.C15H22.C6H5Cl/c1-51(2,3)35-17-25-41-45(29-35)46-30-36(52(4,5)6)18-26-42(46)49(41)33-13-21-39(22-14-33)57(55,56)40-23-15-34(16-24-40)50-43-27-19-37(53(7,8)9)31-47(43)48-32-38(54(10,11)12)20-28-44(48)50;1-11-6-7-12-13(10-11)15(4,5)9-8-14(12,2)3;7-6-4-2-1-3-5-6/h13-32,49-50H,1-12H3;6-7,10H,8-9H2,1-5H3;1-5H. The van der Waals surface area contributed by atoms with Crippen LogP contribution in [0.5, 0.6) is 0 Å². The summed E-state index contributed by atoms with van der Waals surface area (Å²) in [6.07, 6.45) is 2.60. The first-order chi connectivity index (χ1) is 36.8. The highest BCUT2D eigenvalue weighted by Gasteiger charge is 2.38. The molecule has 2 nitrogen and oxygen atoms in total. The minimum absolute atomic E-state index is 0.0293. The summed E-state index contributed by atoms with van der Waals surface area (Å²) in [5, 5.41) is 0.794. The van der Waals surface area contributed by atoms with E-state index >= 15 is 0 Å². The van der Waals surface area contributed by atoms with E-state index in [0.29, 0.717) is 20.6 Å². The largest absolute Gasteiger partial charge is 0.219 e. The van der Waals surface area contributed by atoms with Crippen molar-refractivity contribution < 1.29 is 8.42 Å². The van der Waals surface area contributed by atoms with E-state index in [1.807, 2.05) is 54.6 Å². The molecule has 0 heterocycles. The molecule has 0 N–H and O–H groups in total. The highest BCUT2D eigenvalue weighted by atomic mass is 35.5. The fourth-order valence-corrected chi connectivity index (χ4v) is 13.4. The van der Waals surface area contributed by atoms with Crippen LogP contribution in [0.4, 0.5) is 0 Å². The third kappa shape index (κ3) is 11.7. The number of halogens is 1. The smallest absolute Gasteiger partial charge is 0.206 e. The Hall–Kier alpha value is -6.00. The minimum atomic E-state index is -3.75. The number of hydrogen-bond acceptors (Lipinski definition) is 2. The zero-order valence-electron chi connectivity index (χ0n) is 50.3. The summed E-state index contributed by atoms with van der Waals surface area (Å²) in [6, 6.07) is 59.4. The van der Waals surface area contributed by atoms with Crippen LogP contribution in [0.15, 0.2) is 180 Å². The molecule has 11 rings (SSSR count). The highest BCUT2D eigenvalue weighted by molar-refractivity contribution is 7.91. The van der Waals surface area contributed by atoms with E-state index in [2.05, 4.69) is 209 Å². The Morgan fingerprint density at radius 2 is 0.709 bits per heavy atom. The molecule has 0 aromatic heterocycles. The number of sulfone groups is 1. The van der Waals surface area contributed by atoms with Crippen LogP contribution >= 0.6 is 11.6 Å². The van der Waals surface area contributed by atoms with Crippen LogP contribution in [-0.2, 0) is 42.3 Å². The summed E-state index contributed by atoms with van der Waals surface area (Å²) in [7, 11) is -3.75. The maximum Gasteiger partial charge on any atom is 0.206 e. The van der Waals surface area contributed by atoms with Gasteiger partial charge in [0.15, 0.2) is 0 Å². The predicted molar refractivity (Wildman–Crippen MR) is 337 cm³/mol. The number of aryl methyl sites for hydroxylation is 1. The number of rotatable bonds is 4. The van der Waals surface area contributed by atoms with Crippen molar-refractivity contribution in [2.24, 2.45) is 0 Å². The maximum atomic E-state index is 14.2. The molecule has 0 unspecified atom stereocenters. The molecule has 0 amide bonds. The van der Waals surface area contributed by atoms with Crippen LogP contribution in [0.25, 0.3) is 22.3 Å². The van der Waals surface area contributed by atoms with E-state index in [-0.39, 0.29) is 33.5 Å². The van der Waals surface area contributed by atoms with Gasteiger partial charge in [0, 0.05) is 16.9 Å². The molecule has 0 spiro atoms. The van der Waals surface area contributed by atoms with Gasteiger partial charge in [0.25, 0.3) is 0 Å². The molecule has 79 heavy (non-hydrogen) atoms. The van der Waals surface area contributed by atoms with Gasteiger partial charge in [-0.3, -0.25) is 0 Å². The van der Waals surface area contributed by atoms with Crippen LogP contribution in [0.1, 0.15) is 208 Å². The molecule has 8 aromatic carbocycles. The highest BCUT2D eigenvalue weighted by Crippen LogP contribution is 2.53. The molecular formula is C75H85ClO2S. The van der Waals surface area contributed by atoms with Crippen molar-refractivity contribution in [1.29, 1.82) is 0 Å². The van der Waals surface area contributed by atoms with Gasteiger partial charge in [0.05, 0.1) is 9.79 Å². The van der Waals surface area contributed by atoms with E-state index in [1.54, 1.807) is 35.4 Å². The van der Waals surface area contributed by atoms with E-state index in [1.165, 1.54) is 85.2 Å². The fraction of sp³-hybridized carbons (Fsp3) is 0.360. The first-order valence-corrected chi connectivity index (χ1v) is 30.5. The Labute approximate surface area is 481 Å². The molecule has 0 fully saturated rings. The zero-order chi connectivity index (χ0) is 57.4. The van der Waals surface area contributed by atoms with Gasteiger partial charge in [0.2, 0.25) is 9.84 Å². The summed E-state index contributed by atoms with van der Waals surface area (Å²) in [6.45, 7) is 38.8. The topological polar surface area (TPSA) is 34.1 Å². The van der Waals surface area contributed by atoms with E-state index < -0.39 is 9.84 Å². The van der Waals surface area contributed by atoms with Crippen LogP contribution in [0.3, 0.4) is 0 Å². The minimum Gasteiger partial charge on any atom is -0.219 e. The molecule has 0 saturated carbocycles. The second kappa shape index (κ2) is 20.8. The van der Waals surface area contributed by atoms with Gasteiger partial charge in [-0.1, -0.05) is 261 Å². The molecule has 0 atom stereocenters. The van der Waals surface area contributed by atoms with Gasteiger partial charge >= 0.3 is 0 Å². The first kappa shape index (κ1) is 57.7. The lowest BCUT2D eigenvalue weighted by molar-refractivity contribution is 0.331. The van der Waals surface area contributed by atoms with Crippen LogP contribution in [-0.4, -0.2) is 8.42 Å². The molecule has 8 aromatic rings. The summed E-state index contributed by atoms with van der Waals surface area (Å²) in [4.78, 5) is 0.620. The van der Waals surface area contributed by atoms with Crippen molar-refractivity contribution >= 4 is 21.4 Å². The molecule has 4 heteroatoms. The molecule has 0 saturated heterocycles. The van der Waals surface area contributed by atoms with E-state index in [9.17, 15) is 8.42 Å². The van der Waals surface area contributed by atoms with Gasteiger partial charge in [-0.25, -0.2) is 8.42 Å². The van der Waals surface area contributed by atoms with Crippen molar-refractivity contribution in [2.75, 3.05) is 0 Å². The van der Waals surface area contributed by atoms with Gasteiger partial charge in [0.1, 0.15) is 0 Å². The van der Waals surface area contributed by atoms with Crippen molar-refractivity contribution in [1.82, 2.24) is 0 Å².